The summed E-state index contributed by atoms with van der Waals surface area (Å²) in [5, 5.41) is 26.6. The lowest BCUT2D eigenvalue weighted by molar-refractivity contribution is -0.136. The van der Waals surface area contributed by atoms with Gasteiger partial charge in [0.1, 0.15) is 36.1 Å². The van der Waals surface area contributed by atoms with Gasteiger partial charge < -0.3 is 38.6 Å². The lowest BCUT2D eigenvalue weighted by atomic mass is 9.46. The molecule has 3 saturated heterocycles. The van der Waals surface area contributed by atoms with Crippen molar-refractivity contribution in [3.63, 3.8) is 0 Å². The first-order valence-electron chi connectivity index (χ1n) is 28.2. The number of aliphatic hydroxyl groups excluding tert-OH is 2. The van der Waals surface area contributed by atoms with Gasteiger partial charge in [-0.2, -0.15) is 0 Å². The van der Waals surface area contributed by atoms with Gasteiger partial charge in [-0.05, 0) is 176 Å². The van der Waals surface area contributed by atoms with Crippen LogP contribution in [-0.2, 0) is 39.6 Å². The summed E-state index contributed by atoms with van der Waals surface area (Å²) in [7, 11) is 0. The Bertz CT molecular complexity index is 2830. The van der Waals surface area contributed by atoms with Gasteiger partial charge in [0.15, 0.2) is 11.7 Å². The molecule has 2 spiro atoms. The second-order valence-corrected chi connectivity index (χ2v) is 25.2. The van der Waals surface area contributed by atoms with E-state index in [9.17, 15) is 24.6 Å². The van der Waals surface area contributed by atoms with Crippen LogP contribution in [0.5, 0.6) is 0 Å². The van der Waals surface area contributed by atoms with Crippen molar-refractivity contribution in [2.24, 2.45) is 46.3 Å². The van der Waals surface area contributed by atoms with Gasteiger partial charge in [-0.25, -0.2) is 14.4 Å². The number of aliphatic hydroxyl groups is 2. The van der Waals surface area contributed by atoms with E-state index in [0.717, 1.165) is 84.8 Å². The van der Waals surface area contributed by atoms with Crippen LogP contribution in [-0.4, -0.2) is 94.5 Å². The molecule has 75 heavy (non-hydrogen) atoms. The first-order chi connectivity index (χ1) is 36.0. The minimum absolute atomic E-state index is 0.0528. The lowest BCUT2D eigenvalue weighted by Crippen LogP contribution is -2.70. The van der Waals surface area contributed by atoms with E-state index in [1.54, 1.807) is 0 Å². The van der Waals surface area contributed by atoms with Gasteiger partial charge in [0.05, 0.1) is 18.3 Å². The Balaban J connectivity index is 0.606. The number of rotatable bonds is 12. The van der Waals surface area contributed by atoms with Crippen molar-refractivity contribution in [1.29, 1.82) is 0 Å². The van der Waals surface area contributed by atoms with E-state index in [1.165, 1.54) is 12.0 Å². The molecule has 2 aromatic carbocycles. The number of carbonyl (C=O) groups excluding carboxylic acids is 3. The molecule has 0 bridgehead atoms. The lowest BCUT2D eigenvalue weighted by Gasteiger charge is -2.53. The number of hydrogen-bond acceptors (Lipinski definition) is 11. The van der Waals surface area contributed by atoms with Crippen LogP contribution in [0.25, 0.3) is 0 Å². The number of anilines is 2. The Kier molecular flexibility index (Phi) is 11.7. The van der Waals surface area contributed by atoms with Crippen LogP contribution < -0.4 is 10.6 Å². The van der Waals surface area contributed by atoms with Gasteiger partial charge in [0, 0.05) is 28.8 Å². The van der Waals surface area contributed by atoms with E-state index < -0.39 is 47.3 Å². The number of nitrogens with one attached hydrogen (secondary N) is 2. The summed E-state index contributed by atoms with van der Waals surface area (Å²) >= 11 is 0. The highest BCUT2D eigenvalue weighted by Gasteiger charge is 3.01. The van der Waals surface area contributed by atoms with E-state index >= 15 is 0 Å². The summed E-state index contributed by atoms with van der Waals surface area (Å²) in [5.74, 6) is 1.65. The molecule has 4 aliphatic heterocycles. The minimum atomic E-state index is -0.826. The third kappa shape index (κ3) is 7.73. The molecule has 0 radical (unpaired) electrons. The Labute approximate surface area is 440 Å². The van der Waals surface area contributed by atoms with Gasteiger partial charge in [-0.1, -0.05) is 89.3 Å². The fourth-order valence-corrected chi connectivity index (χ4v) is 16.8. The van der Waals surface area contributed by atoms with Crippen LogP contribution in [0.2, 0.25) is 0 Å². The van der Waals surface area contributed by atoms with Crippen LogP contribution in [0.1, 0.15) is 123 Å². The number of allylic oxidation sites excluding steroid dienone is 4. The Morgan fingerprint density at radius 2 is 1.56 bits per heavy atom. The van der Waals surface area contributed by atoms with Crippen molar-refractivity contribution < 1.29 is 53.0 Å². The highest BCUT2D eigenvalue weighted by atomic mass is 16.8. The maximum absolute atomic E-state index is 13.9. The zero-order valence-corrected chi connectivity index (χ0v) is 44.1. The fourth-order valence-electron chi connectivity index (χ4n) is 16.8. The zero-order valence-electron chi connectivity index (χ0n) is 44.1. The summed E-state index contributed by atoms with van der Waals surface area (Å²) in [5.41, 5.74) is 6.14. The summed E-state index contributed by atoms with van der Waals surface area (Å²) < 4.78 is 38.4. The molecule has 13 rings (SSSR count). The first kappa shape index (κ1) is 49.5. The molecule has 9 fully saturated rings. The summed E-state index contributed by atoms with van der Waals surface area (Å²) in [4.78, 5) is 39.9. The molecule has 13 heteroatoms. The number of epoxide rings is 3. The smallest absolute Gasteiger partial charge is 0.412 e. The maximum atomic E-state index is 13.9. The monoisotopic (exact) mass is 1020 g/mol. The largest absolute Gasteiger partial charge is 0.458 e. The predicted octanol–water partition coefficient (Wildman–Crippen LogP) is 10.6. The highest BCUT2D eigenvalue weighted by molar-refractivity contribution is 5.92. The standard InChI is InChI=1S/C62H74N2O11/c1-33(2)60-52(74-60)53-62(75-53)59(6)27-25-44-45(32-70-54(44)67)48(59)31-51-61(62,73-51)55(60)72-57(69)64-42-20-12-37(13-21-42)28-36-10-18-41(19-11-36)63-56(68)71-50(39-15-16-39)24-9-34(3)46-22-23-47-38(8-7-26-58(46,47)5)14-17-40-29-43(65)30-49(66)35(40)4/h9-14,17-21,24,33-34,39,43,46-53,55,65-66H,4,7-8,15-16,22-23,25-32H2,1-3,5-6H3,(H,63,68)(H,64,69)/b24-9+,38-14+,40-17-/t34-,43+,46?,47?,48-,49-,50?,51-,52-,53-,55+,58+,59-,60-,61+,62+/m0/s1. The van der Waals surface area contributed by atoms with Crippen LogP contribution in [0.3, 0.4) is 0 Å². The number of ether oxygens (including phenoxy) is 6. The maximum Gasteiger partial charge on any atom is 0.412 e. The molecule has 2 amide bonds. The number of cyclic esters (lactones) is 1. The van der Waals surface area contributed by atoms with Crippen LogP contribution >= 0.6 is 0 Å². The average molecular weight is 1020 g/mol. The second-order valence-electron chi connectivity index (χ2n) is 25.2. The van der Waals surface area contributed by atoms with Crippen molar-refractivity contribution in [3.8, 4) is 0 Å². The quantitative estimate of drug-likeness (QED) is 0.0688. The molecule has 4 heterocycles. The minimum Gasteiger partial charge on any atom is -0.458 e. The van der Waals surface area contributed by atoms with Crippen molar-refractivity contribution >= 4 is 29.5 Å². The number of amides is 2. The van der Waals surface area contributed by atoms with Crippen molar-refractivity contribution in [2.45, 2.75) is 178 Å². The van der Waals surface area contributed by atoms with E-state index in [1.807, 2.05) is 48.5 Å². The van der Waals surface area contributed by atoms with Gasteiger partial charge in [-0.3, -0.25) is 10.6 Å². The zero-order chi connectivity index (χ0) is 52.0. The Morgan fingerprint density at radius 1 is 0.840 bits per heavy atom. The predicted molar refractivity (Wildman–Crippen MR) is 280 cm³/mol. The third-order valence-corrected chi connectivity index (χ3v) is 21.0. The number of benzene rings is 2. The molecular weight excluding hydrogens is 949 g/mol. The molecule has 13 nitrogen and oxygen atoms in total. The van der Waals surface area contributed by atoms with E-state index in [2.05, 4.69) is 76.1 Å². The molecule has 4 N–H and O–H groups in total. The highest BCUT2D eigenvalue weighted by Crippen LogP contribution is 2.83. The molecule has 6 saturated carbocycles. The van der Waals surface area contributed by atoms with Crippen LogP contribution in [0.15, 0.2) is 107 Å². The van der Waals surface area contributed by atoms with Gasteiger partial charge in [0.25, 0.3) is 0 Å². The fraction of sp³-hybridized carbons (Fsp3) is 0.597. The molecule has 3 unspecified atom stereocenters. The summed E-state index contributed by atoms with van der Waals surface area (Å²) in [6.07, 6.45) is 16.6. The molecule has 2 aromatic rings. The molecule has 0 aromatic heterocycles. The van der Waals surface area contributed by atoms with E-state index in [0.29, 0.717) is 67.3 Å². The van der Waals surface area contributed by atoms with Gasteiger partial charge in [-0.15, -0.1) is 0 Å². The molecule has 398 valence electrons. The van der Waals surface area contributed by atoms with Gasteiger partial charge >= 0.3 is 18.2 Å². The first-order valence-corrected chi connectivity index (χ1v) is 28.2. The van der Waals surface area contributed by atoms with Crippen molar-refractivity contribution in [2.75, 3.05) is 17.2 Å². The number of carbonyl (C=O) groups is 3. The summed E-state index contributed by atoms with van der Waals surface area (Å²) in [6, 6.07) is 15.6. The number of fused-ring (bicyclic) bond motifs is 5. The third-order valence-electron chi connectivity index (χ3n) is 21.0. The van der Waals surface area contributed by atoms with E-state index in [-0.39, 0.29) is 53.1 Å². The average Bonchev–Trinajstić information content (AvgIpc) is 4.41. The number of esters is 1. The molecule has 11 aliphatic rings. The summed E-state index contributed by atoms with van der Waals surface area (Å²) in [6.45, 7) is 15.7. The SMILES string of the molecule is C=C1/C(=C\C=C2/CCC[C@@]3(C)C2CCC3[C@@H](C)/C=C/C(OC(=O)Nc2ccc(Cc3ccc(NC(=O)O[C@@H]4[C@@]5(C(C)C)O[C@H]5[C@@H]5O[C@]56[C@]45O[C@H]5C[C@H]4C5=C(CC[C@@]46C)C(=O)OC5)cc3)cc2)C2CC2)C[C@@H](O)C[C@@H]1O. The molecular formula is C62H74N2O11. The second kappa shape index (κ2) is 17.7. The molecule has 7 aliphatic carbocycles. The van der Waals surface area contributed by atoms with E-state index in [4.69, 9.17) is 28.4 Å². The van der Waals surface area contributed by atoms with Crippen molar-refractivity contribution in [1.82, 2.24) is 0 Å². The normalized spacial score (nSPS) is 41.6. The van der Waals surface area contributed by atoms with Crippen LogP contribution in [0.4, 0.5) is 21.0 Å². The van der Waals surface area contributed by atoms with Crippen molar-refractivity contribution in [3.05, 3.63) is 118 Å². The Morgan fingerprint density at radius 3 is 2.27 bits per heavy atom. The van der Waals surface area contributed by atoms with Crippen LogP contribution in [0, 0.1) is 46.3 Å². The Hall–Kier alpha value is -5.05. The topological polar surface area (TPSA) is 181 Å². The van der Waals surface area contributed by atoms with Gasteiger partial charge in [0.2, 0.25) is 0 Å². The number of hydrogen-bond donors (Lipinski definition) is 4. The molecule has 16 atom stereocenters.